The van der Waals surface area contributed by atoms with Gasteiger partial charge in [-0.05, 0) is 31.0 Å². The van der Waals surface area contributed by atoms with Crippen molar-refractivity contribution in [3.8, 4) is 0 Å². The second-order valence-corrected chi connectivity index (χ2v) is 9.85. The molecule has 1 N–H and O–H groups in total. The number of carbonyl (C=O) groups is 1. The molecule has 0 aromatic heterocycles. The third-order valence-electron chi connectivity index (χ3n) is 6.12. The fourth-order valence-electron chi connectivity index (χ4n) is 4.58. The van der Waals surface area contributed by atoms with Gasteiger partial charge in [0.15, 0.2) is 9.84 Å². The Morgan fingerprint density at radius 2 is 2.08 bits per heavy atom. The van der Waals surface area contributed by atoms with Crippen LogP contribution in [0, 0.1) is 11.8 Å². The highest BCUT2D eigenvalue weighted by Gasteiger charge is 2.53. The van der Waals surface area contributed by atoms with E-state index in [0.29, 0.717) is 36.6 Å². The number of hydrogen-bond donors (Lipinski definition) is 1. The maximum atomic E-state index is 12.8. The van der Waals surface area contributed by atoms with Crippen LogP contribution >= 0.6 is 0 Å². The summed E-state index contributed by atoms with van der Waals surface area (Å²) in [4.78, 5) is 14.8. The fourth-order valence-corrected chi connectivity index (χ4v) is 5.78. The normalized spacial score (nSPS) is 32.6. The maximum Gasteiger partial charge on any atom is 0.251 e. The summed E-state index contributed by atoms with van der Waals surface area (Å²) in [5.41, 5.74) is 1.54. The van der Waals surface area contributed by atoms with E-state index < -0.39 is 9.84 Å². The topological polar surface area (TPSA) is 75.7 Å². The summed E-state index contributed by atoms with van der Waals surface area (Å²) in [5.74, 6) is 1.14. The minimum absolute atomic E-state index is 0.0507. The highest BCUT2D eigenvalue weighted by molar-refractivity contribution is 7.91. The number of ether oxygens (including phenoxy) is 1. The van der Waals surface area contributed by atoms with E-state index in [1.165, 1.54) is 0 Å². The summed E-state index contributed by atoms with van der Waals surface area (Å²) in [7, 11) is -2.91. The van der Waals surface area contributed by atoms with Crippen LogP contribution in [0.2, 0.25) is 0 Å². The van der Waals surface area contributed by atoms with E-state index in [1.54, 1.807) is 0 Å². The zero-order valence-corrected chi connectivity index (χ0v) is 15.9. The van der Waals surface area contributed by atoms with Gasteiger partial charge in [0.05, 0.1) is 17.6 Å². The molecule has 142 valence electrons. The summed E-state index contributed by atoms with van der Waals surface area (Å²) >= 11 is 0. The van der Waals surface area contributed by atoms with Crippen molar-refractivity contribution >= 4 is 21.4 Å². The average molecular weight is 378 g/mol. The summed E-state index contributed by atoms with van der Waals surface area (Å²) in [6.07, 6.45) is 2.34. The molecule has 4 atom stereocenters. The highest BCUT2D eigenvalue weighted by Crippen LogP contribution is 2.45. The Morgan fingerprint density at radius 1 is 1.31 bits per heavy atom. The van der Waals surface area contributed by atoms with Crippen LogP contribution < -0.4 is 10.2 Å². The van der Waals surface area contributed by atoms with Gasteiger partial charge in [-0.1, -0.05) is 13.0 Å². The largest absolute Gasteiger partial charge is 0.377 e. The molecule has 1 aliphatic carbocycles. The first-order valence-electron chi connectivity index (χ1n) is 9.46. The quantitative estimate of drug-likeness (QED) is 0.859. The van der Waals surface area contributed by atoms with Gasteiger partial charge in [0.1, 0.15) is 0 Å². The molecule has 6 nitrogen and oxygen atoms in total. The average Bonchev–Trinajstić information content (AvgIpc) is 3.04. The molecule has 1 aromatic rings. The monoisotopic (exact) mass is 378 g/mol. The lowest BCUT2D eigenvalue weighted by atomic mass is 9.65. The maximum absolute atomic E-state index is 12.8. The summed E-state index contributed by atoms with van der Waals surface area (Å²) in [6, 6.07) is 7.70. The van der Waals surface area contributed by atoms with Crippen LogP contribution in [-0.4, -0.2) is 57.7 Å². The van der Waals surface area contributed by atoms with Crippen molar-refractivity contribution in [1.82, 2.24) is 5.32 Å². The number of rotatable bonds is 4. The number of amides is 1. The van der Waals surface area contributed by atoms with Crippen molar-refractivity contribution in [2.24, 2.45) is 11.8 Å². The van der Waals surface area contributed by atoms with Crippen LogP contribution in [0.25, 0.3) is 0 Å². The molecular weight excluding hydrogens is 352 g/mol. The highest BCUT2D eigenvalue weighted by atomic mass is 32.2. The van der Waals surface area contributed by atoms with Crippen molar-refractivity contribution in [3.63, 3.8) is 0 Å². The standard InChI is InChI=1S/C19H26N2O4S/c1-2-15-17(16-6-9-25-18(15)16)20-19(22)13-4-3-5-14(12-13)21-7-10-26(23,24)11-8-21/h3-5,12,15-18H,2,6-11H2,1H3,(H,20,22)/t15-,16+,17-,18-/m0/s1. The molecule has 1 saturated carbocycles. The van der Waals surface area contributed by atoms with Gasteiger partial charge in [-0.2, -0.15) is 0 Å². The van der Waals surface area contributed by atoms with Crippen LogP contribution in [-0.2, 0) is 14.6 Å². The third-order valence-corrected chi connectivity index (χ3v) is 7.72. The predicted octanol–water partition coefficient (Wildman–Crippen LogP) is 1.46. The minimum atomic E-state index is -2.91. The first kappa shape index (κ1) is 17.8. The van der Waals surface area contributed by atoms with E-state index in [4.69, 9.17) is 4.74 Å². The molecule has 3 fully saturated rings. The van der Waals surface area contributed by atoms with Gasteiger partial charge in [-0.3, -0.25) is 4.79 Å². The molecule has 2 saturated heterocycles. The van der Waals surface area contributed by atoms with E-state index in [1.807, 2.05) is 29.2 Å². The van der Waals surface area contributed by atoms with Gasteiger partial charge in [0.25, 0.3) is 5.91 Å². The smallest absolute Gasteiger partial charge is 0.251 e. The number of hydrogen-bond acceptors (Lipinski definition) is 5. The van der Waals surface area contributed by atoms with Crippen molar-refractivity contribution < 1.29 is 17.9 Å². The molecule has 2 aliphatic heterocycles. The number of carbonyl (C=O) groups excluding carboxylic acids is 1. The van der Waals surface area contributed by atoms with Gasteiger partial charge in [-0.15, -0.1) is 0 Å². The zero-order chi connectivity index (χ0) is 18.3. The summed E-state index contributed by atoms with van der Waals surface area (Å²) in [6.45, 7) is 3.91. The van der Waals surface area contributed by atoms with E-state index in [9.17, 15) is 13.2 Å². The second-order valence-electron chi connectivity index (χ2n) is 7.55. The number of anilines is 1. The lowest BCUT2D eigenvalue weighted by molar-refractivity contribution is -0.0545. The lowest BCUT2D eigenvalue weighted by Crippen LogP contribution is -2.61. The van der Waals surface area contributed by atoms with Crippen LogP contribution in [0.15, 0.2) is 24.3 Å². The Hall–Kier alpha value is -1.60. The molecule has 2 heterocycles. The molecule has 1 aromatic carbocycles. The molecular formula is C19H26N2O4S. The molecule has 0 radical (unpaired) electrons. The van der Waals surface area contributed by atoms with Gasteiger partial charge < -0.3 is 15.0 Å². The minimum Gasteiger partial charge on any atom is -0.377 e. The van der Waals surface area contributed by atoms with Crippen LogP contribution in [0.1, 0.15) is 30.1 Å². The molecule has 4 rings (SSSR count). The number of nitrogens with one attached hydrogen (secondary N) is 1. The Labute approximate surface area is 154 Å². The van der Waals surface area contributed by atoms with Gasteiger partial charge >= 0.3 is 0 Å². The van der Waals surface area contributed by atoms with E-state index in [2.05, 4.69) is 12.2 Å². The molecule has 0 bridgehead atoms. The third kappa shape index (κ3) is 3.22. The lowest BCUT2D eigenvalue weighted by Gasteiger charge is -2.47. The summed E-state index contributed by atoms with van der Waals surface area (Å²) in [5, 5.41) is 3.21. The van der Waals surface area contributed by atoms with Gasteiger partial charge in [-0.25, -0.2) is 8.42 Å². The Morgan fingerprint density at radius 3 is 2.81 bits per heavy atom. The van der Waals surface area contributed by atoms with Crippen LogP contribution in [0.4, 0.5) is 5.69 Å². The number of nitrogens with zero attached hydrogens (tertiary/aromatic N) is 1. The molecule has 0 unspecified atom stereocenters. The molecule has 3 aliphatic rings. The molecule has 26 heavy (non-hydrogen) atoms. The molecule has 7 heteroatoms. The van der Waals surface area contributed by atoms with Crippen molar-refractivity contribution in [3.05, 3.63) is 29.8 Å². The predicted molar refractivity (Wildman–Crippen MR) is 100 cm³/mol. The molecule has 0 spiro atoms. The first-order valence-corrected chi connectivity index (χ1v) is 11.3. The van der Waals surface area contributed by atoms with Gasteiger partial charge in [0.2, 0.25) is 0 Å². The number of sulfone groups is 1. The van der Waals surface area contributed by atoms with Crippen molar-refractivity contribution in [2.75, 3.05) is 36.1 Å². The van der Waals surface area contributed by atoms with E-state index in [-0.39, 0.29) is 23.5 Å². The van der Waals surface area contributed by atoms with Crippen molar-refractivity contribution in [1.29, 1.82) is 0 Å². The number of benzene rings is 1. The summed E-state index contributed by atoms with van der Waals surface area (Å²) < 4.78 is 29.0. The fraction of sp³-hybridized carbons (Fsp3) is 0.632. The van der Waals surface area contributed by atoms with Crippen molar-refractivity contribution in [2.45, 2.75) is 31.9 Å². The van der Waals surface area contributed by atoms with Gasteiger partial charge in [0, 0.05) is 48.8 Å². The second kappa shape index (κ2) is 6.85. The number of fused-ring (bicyclic) bond motifs is 1. The Bertz CT molecular complexity index is 780. The van der Waals surface area contributed by atoms with Crippen LogP contribution in [0.3, 0.4) is 0 Å². The van der Waals surface area contributed by atoms with E-state index in [0.717, 1.165) is 25.1 Å². The Kier molecular flexibility index (Phi) is 4.69. The van der Waals surface area contributed by atoms with E-state index >= 15 is 0 Å². The SMILES string of the molecule is CC[C@H]1[C@H](NC(=O)c2cccc(N3CCS(=O)(=O)CC3)c2)[C@H]2CCO[C@H]21. The van der Waals surface area contributed by atoms with Crippen LogP contribution in [0.5, 0.6) is 0 Å². The zero-order valence-electron chi connectivity index (χ0n) is 15.1. The Balaban J connectivity index is 1.44. The first-order chi connectivity index (χ1) is 12.5. The molecule has 1 amide bonds.